The number of para-hydroxylation sites is 1. The van der Waals surface area contributed by atoms with E-state index in [-0.39, 0.29) is 12.5 Å². The summed E-state index contributed by atoms with van der Waals surface area (Å²) in [6.07, 6.45) is 5.48. The molecule has 3 rings (SSSR count). The molecule has 104 valence electrons. The summed E-state index contributed by atoms with van der Waals surface area (Å²) >= 11 is 0. The predicted octanol–water partition coefficient (Wildman–Crippen LogP) is 2.96. The van der Waals surface area contributed by atoms with Crippen molar-refractivity contribution in [3.8, 4) is 0 Å². The van der Waals surface area contributed by atoms with Gasteiger partial charge in [0.25, 0.3) is 5.91 Å². The molecule has 4 heteroatoms. The van der Waals surface area contributed by atoms with Crippen molar-refractivity contribution in [2.45, 2.75) is 31.9 Å². The molecule has 1 aliphatic rings. The molecule has 1 heterocycles. The minimum atomic E-state index is -0.122. The predicted molar refractivity (Wildman–Crippen MR) is 77.6 cm³/mol. The van der Waals surface area contributed by atoms with Gasteiger partial charge >= 0.3 is 0 Å². The van der Waals surface area contributed by atoms with Crippen molar-refractivity contribution in [3.63, 3.8) is 0 Å². The van der Waals surface area contributed by atoms with Gasteiger partial charge in [-0.25, -0.2) is 0 Å². The third kappa shape index (κ3) is 2.34. The van der Waals surface area contributed by atoms with Crippen LogP contribution in [0.4, 0.5) is 5.69 Å². The summed E-state index contributed by atoms with van der Waals surface area (Å²) in [5.74, 6) is -0.122. The zero-order chi connectivity index (χ0) is 13.9. The lowest BCUT2D eigenvalue weighted by atomic mass is 9.93. The summed E-state index contributed by atoms with van der Waals surface area (Å²) in [4.78, 5) is 12.4. The zero-order valence-corrected chi connectivity index (χ0v) is 11.2. The number of nitrogens with one attached hydrogen (secondary N) is 1. The summed E-state index contributed by atoms with van der Waals surface area (Å²) in [6.45, 7) is -0.0832. The summed E-state index contributed by atoms with van der Waals surface area (Å²) in [6, 6.07) is 11.5. The van der Waals surface area contributed by atoms with Crippen molar-refractivity contribution in [1.82, 2.24) is 4.57 Å². The van der Waals surface area contributed by atoms with E-state index < -0.39 is 0 Å². The van der Waals surface area contributed by atoms with Crippen LogP contribution in [0, 0.1) is 0 Å². The van der Waals surface area contributed by atoms with E-state index >= 15 is 0 Å². The Morgan fingerprint density at radius 1 is 1.25 bits per heavy atom. The minimum absolute atomic E-state index is 0.0832. The van der Waals surface area contributed by atoms with E-state index in [1.165, 1.54) is 6.42 Å². The molecular formula is C16H18N2O2. The monoisotopic (exact) mass is 270 g/mol. The summed E-state index contributed by atoms with van der Waals surface area (Å²) in [5.41, 5.74) is 2.08. The third-order valence-corrected chi connectivity index (χ3v) is 3.92. The fourth-order valence-corrected chi connectivity index (χ4v) is 2.54. The van der Waals surface area contributed by atoms with Gasteiger partial charge in [0, 0.05) is 23.5 Å². The number of rotatable bonds is 4. The topological polar surface area (TPSA) is 54.3 Å². The van der Waals surface area contributed by atoms with Gasteiger partial charge in [0.1, 0.15) is 5.69 Å². The number of anilines is 1. The van der Waals surface area contributed by atoms with Gasteiger partial charge < -0.3 is 15.0 Å². The van der Waals surface area contributed by atoms with E-state index in [1.54, 1.807) is 12.1 Å². The zero-order valence-electron chi connectivity index (χ0n) is 11.2. The second-order valence-corrected chi connectivity index (χ2v) is 5.15. The molecule has 1 amide bonds. The molecule has 2 N–H and O–H groups in total. The van der Waals surface area contributed by atoms with Crippen LogP contribution in [0.25, 0.3) is 0 Å². The summed E-state index contributed by atoms with van der Waals surface area (Å²) in [7, 11) is 0. The average Bonchev–Trinajstić information content (AvgIpc) is 2.86. The summed E-state index contributed by atoms with van der Waals surface area (Å²) < 4.78 is 2.06. The second kappa shape index (κ2) is 5.51. The highest BCUT2D eigenvalue weighted by molar-refractivity contribution is 6.03. The molecule has 0 saturated heterocycles. The number of aromatic nitrogens is 1. The molecule has 1 aromatic heterocycles. The van der Waals surface area contributed by atoms with Gasteiger partial charge in [-0.2, -0.15) is 0 Å². The SMILES string of the molecule is O=C(Nc1ccccc1CO)c1cccn1C1CCC1. The van der Waals surface area contributed by atoms with E-state index in [9.17, 15) is 9.90 Å². The highest BCUT2D eigenvalue weighted by Gasteiger charge is 2.23. The van der Waals surface area contributed by atoms with E-state index in [1.807, 2.05) is 30.5 Å². The van der Waals surface area contributed by atoms with Crippen LogP contribution in [-0.2, 0) is 6.61 Å². The van der Waals surface area contributed by atoms with Crippen molar-refractivity contribution in [1.29, 1.82) is 0 Å². The largest absolute Gasteiger partial charge is 0.392 e. The van der Waals surface area contributed by atoms with Crippen molar-refractivity contribution >= 4 is 11.6 Å². The highest BCUT2D eigenvalue weighted by atomic mass is 16.3. The molecule has 2 aromatic rings. The number of nitrogens with zero attached hydrogens (tertiary/aromatic N) is 1. The van der Waals surface area contributed by atoms with E-state index in [4.69, 9.17) is 0 Å². The quantitative estimate of drug-likeness (QED) is 0.897. The number of amides is 1. The lowest BCUT2D eigenvalue weighted by molar-refractivity contribution is 0.101. The molecule has 1 aromatic carbocycles. The Kier molecular flexibility index (Phi) is 3.56. The molecule has 0 aliphatic heterocycles. The summed E-state index contributed by atoms with van der Waals surface area (Å²) in [5, 5.41) is 12.2. The molecular weight excluding hydrogens is 252 g/mol. The molecule has 0 radical (unpaired) electrons. The first-order chi connectivity index (χ1) is 9.79. The minimum Gasteiger partial charge on any atom is -0.392 e. The lowest BCUT2D eigenvalue weighted by Gasteiger charge is -2.28. The first kappa shape index (κ1) is 12.9. The number of aliphatic hydroxyl groups excluding tert-OH is 1. The Morgan fingerprint density at radius 2 is 2.05 bits per heavy atom. The van der Waals surface area contributed by atoms with Gasteiger partial charge in [-0.15, -0.1) is 0 Å². The molecule has 20 heavy (non-hydrogen) atoms. The van der Waals surface area contributed by atoms with Crippen LogP contribution >= 0.6 is 0 Å². The maximum Gasteiger partial charge on any atom is 0.272 e. The third-order valence-electron chi connectivity index (χ3n) is 3.92. The molecule has 0 spiro atoms. The van der Waals surface area contributed by atoms with Crippen molar-refractivity contribution < 1.29 is 9.90 Å². The number of hydrogen-bond acceptors (Lipinski definition) is 2. The molecule has 1 saturated carbocycles. The number of aliphatic hydroxyl groups is 1. The first-order valence-corrected chi connectivity index (χ1v) is 6.96. The van der Waals surface area contributed by atoms with Crippen LogP contribution in [0.5, 0.6) is 0 Å². The van der Waals surface area contributed by atoms with Gasteiger partial charge in [-0.3, -0.25) is 4.79 Å². The van der Waals surface area contributed by atoms with Gasteiger partial charge in [-0.1, -0.05) is 18.2 Å². The number of carbonyl (C=O) groups excluding carboxylic acids is 1. The Hall–Kier alpha value is -2.07. The highest BCUT2D eigenvalue weighted by Crippen LogP contribution is 2.32. The van der Waals surface area contributed by atoms with Gasteiger partial charge in [0.05, 0.1) is 6.61 Å². The Bertz CT molecular complexity index is 614. The number of carbonyl (C=O) groups is 1. The van der Waals surface area contributed by atoms with Gasteiger partial charge in [0.15, 0.2) is 0 Å². The molecule has 1 fully saturated rings. The van der Waals surface area contributed by atoms with E-state index in [0.717, 1.165) is 18.4 Å². The van der Waals surface area contributed by atoms with Gasteiger partial charge in [-0.05, 0) is 37.5 Å². The Labute approximate surface area is 118 Å². The van der Waals surface area contributed by atoms with E-state index in [0.29, 0.717) is 17.4 Å². The maximum atomic E-state index is 12.4. The van der Waals surface area contributed by atoms with Crippen LogP contribution < -0.4 is 5.32 Å². The number of hydrogen-bond donors (Lipinski definition) is 2. The Morgan fingerprint density at radius 3 is 2.75 bits per heavy atom. The maximum absolute atomic E-state index is 12.4. The van der Waals surface area contributed by atoms with E-state index in [2.05, 4.69) is 9.88 Å². The standard InChI is InChI=1S/C16H18N2O2/c19-11-12-5-1-2-8-14(12)17-16(20)15-9-4-10-18(15)13-6-3-7-13/h1-2,4-5,8-10,13,19H,3,6-7,11H2,(H,17,20). The first-order valence-electron chi connectivity index (χ1n) is 6.96. The molecule has 1 aliphatic carbocycles. The molecule has 0 unspecified atom stereocenters. The van der Waals surface area contributed by atoms with Crippen LogP contribution in [0.2, 0.25) is 0 Å². The Balaban J connectivity index is 1.81. The van der Waals surface area contributed by atoms with Crippen LogP contribution in [-0.4, -0.2) is 15.6 Å². The molecule has 4 nitrogen and oxygen atoms in total. The molecule has 0 atom stereocenters. The van der Waals surface area contributed by atoms with Crippen LogP contribution in [0.1, 0.15) is 41.4 Å². The van der Waals surface area contributed by atoms with Crippen molar-refractivity contribution in [2.24, 2.45) is 0 Å². The fraction of sp³-hybridized carbons (Fsp3) is 0.312. The van der Waals surface area contributed by atoms with Gasteiger partial charge in [0.2, 0.25) is 0 Å². The number of benzene rings is 1. The van der Waals surface area contributed by atoms with Crippen LogP contribution in [0.15, 0.2) is 42.6 Å². The van der Waals surface area contributed by atoms with Crippen molar-refractivity contribution in [3.05, 3.63) is 53.9 Å². The smallest absolute Gasteiger partial charge is 0.272 e. The van der Waals surface area contributed by atoms with Crippen molar-refractivity contribution in [2.75, 3.05) is 5.32 Å². The average molecular weight is 270 g/mol. The molecule has 0 bridgehead atoms. The normalized spacial score (nSPS) is 14.8. The second-order valence-electron chi connectivity index (χ2n) is 5.15. The lowest BCUT2D eigenvalue weighted by Crippen LogP contribution is -2.23. The van der Waals surface area contributed by atoms with Crippen LogP contribution in [0.3, 0.4) is 0 Å². The fourth-order valence-electron chi connectivity index (χ4n) is 2.54.